The highest BCUT2D eigenvalue weighted by Gasteiger charge is 2.18. The molecule has 172 valence electrons. The molecule has 7 nitrogen and oxygen atoms in total. The highest BCUT2D eigenvalue weighted by molar-refractivity contribution is 5.94. The van der Waals surface area contributed by atoms with Gasteiger partial charge in [-0.3, -0.25) is 10.2 Å². The number of benzene rings is 3. The molecule has 3 aromatic carbocycles. The molecule has 0 bridgehead atoms. The average molecular weight is 448 g/mol. The quantitative estimate of drug-likeness (QED) is 0.566. The molecule has 0 radical (unpaired) electrons. The summed E-state index contributed by atoms with van der Waals surface area (Å²) >= 11 is 0. The third-order valence-corrected chi connectivity index (χ3v) is 6.12. The molecule has 0 saturated carbocycles. The number of anilines is 2. The maximum absolute atomic E-state index is 12.1. The third kappa shape index (κ3) is 5.14. The Morgan fingerprint density at radius 3 is 2.58 bits per heavy atom. The SMILES string of the molecule is O=C(Nc1ccc2c(c1)OCCO2)OCCCN1CCN(c2cccc3ccccc23)CC1. The number of nitrogens with zero attached hydrogens (tertiary/aromatic N) is 2. The Labute approximate surface area is 193 Å². The van der Waals surface area contributed by atoms with Crippen LogP contribution in [-0.4, -0.2) is 63.5 Å². The Kier molecular flexibility index (Phi) is 6.48. The predicted octanol–water partition coefficient (Wildman–Crippen LogP) is 4.37. The number of carbonyl (C=O) groups is 1. The summed E-state index contributed by atoms with van der Waals surface area (Å²) in [6.07, 6.45) is 0.357. The van der Waals surface area contributed by atoms with E-state index in [2.05, 4.69) is 57.6 Å². The van der Waals surface area contributed by atoms with Crippen LogP contribution in [0.15, 0.2) is 60.7 Å². The highest BCUT2D eigenvalue weighted by atomic mass is 16.6. The van der Waals surface area contributed by atoms with E-state index in [9.17, 15) is 4.79 Å². The van der Waals surface area contributed by atoms with Crippen LogP contribution in [0.2, 0.25) is 0 Å². The zero-order valence-corrected chi connectivity index (χ0v) is 18.7. The lowest BCUT2D eigenvalue weighted by atomic mass is 10.1. The molecule has 2 heterocycles. The average Bonchev–Trinajstić information content (AvgIpc) is 2.87. The van der Waals surface area contributed by atoms with Crippen LogP contribution < -0.4 is 19.7 Å². The second-order valence-electron chi connectivity index (χ2n) is 8.30. The Balaban J connectivity index is 1.03. The van der Waals surface area contributed by atoms with Crippen LogP contribution in [0.25, 0.3) is 10.8 Å². The van der Waals surface area contributed by atoms with Crippen LogP contribution in [-0.2, 0) is 4.74 Å². The summed E-state index contributed by atoms with van der Waals surface area (Å²) in [4.78, 5) is 17.0. The Bertz CT molecular complexity index is 1110. The van der Waals surface area contributed by atoms with Gasteiger partial charge in [-0.1, -0.05) is 36.4 Å². The molecule has 5 rings (SSSR count). The molecule has 0 atom stereocenters. The first-order chi connectivity index (χ1) is 16.3. The van der Waals surface area contributed by atoms with Crippen LogP contribution in [0.5, 0.6) is 11.5 Å². The number of fused-ring (bicyclic) bond motifs is 2. The van der Waals surface area contributed by atoms with Crippen LogP contribution in [0, 0.1) is 0 Å². The second-order valence-corrected chi connectivity index (χ2v) is 8.30. The zero-order valence-electron chi connectivity index (χ0n) is 18.7. The first-order valence-corrected chi connectivity index (χ1v) is 11.5. The van der Waals surface area contributed by atoms with Crippen molar-refractivity contribution in [2.75, 3.05) is 62.8 Å². The Morgan fingerprint density at radius 2 is 1.70 bits per heavy atom. The van der Waals surface area contributed by atoms with Crippen molar-refractivity contribution < 1.29 is 19.0 Å². The van der Waals surface area contributed by atoms with Gasteiger partial charge in [-0.25, -0.2) is 4.79 Å². The number of ether oxygens (including phenoxy) is 3. The molecule has 2 aliphatic rings. The van der Waals surface area contributed by atoms with Gasteiger partial charge in [0.05, 0.1) is 6.61 Å². The minimum absolute atomic E-state index is 0.389. The fourth-order valence-electron chi connectivity index (χ4n) is 4.42. The standard InChI is InChI=1S/C26H29N3O4/c30-26(27-21-9-10-24-25(19-21)32-18-17-31-24)33-16-4-11-28-12-14-29(15-13-28)23-8-3-6-20-5-1-2-7-22(20)23/h1-3,5-10,19H,4,11-18H2,(H,27,30). The first-order valence-electron chi connectivity index (χ1n) is 11.5. The summed E-state index contributed by atoms with van der Waals surface area (Å²) in [5.41, 5.74) is 1.95. The van der Waals surface area contributed by atoms with E-state index in [1.165, 1.54) is 16.5 Å². The Hall–Kier alpha value is -3.45. The molecule has 1 saturated heterocycles. The van der Waals surface area contributed by atoms with Crippen LogP contribution in [0.3, 0.4) is 0 Å². The molecular weight excluding hydrogens is 418 g/mol. The van der Waals surface area contributed by atoms with Crippen molar-refractivity contribution in [2.45, 2.75) is 6.42 Å². The lowest BCUT2D eigenvalue weighted by Crippen LogP contribution is -2.46. The van der Waals surface area contributed by atoms with Gasteiger partial charge in [0.25, 0.3) is 0 Å². The molecule has 7 heteroatoms. The van der Waals surface area contributed by atoms with Gasteiger partial charge in [-0.2, -0.15) is 0 Å². The van der Waals surface area contributed by atoms with Gasteiger partial charge >= 0.3 is 6.09 Å². The van der Waals surface area contributed by atoms with Gasteiger partial charge in [0.15, 0.2) is 11.5 Å². The highest BCUT2D eigenvalue weighted by Crippen LogP contribution is 2.32. The van der Waals surface area contributed by atoms with E-state index in [0.29, 0.717) is 37.0 Å². The van der Waals surface area contributed by atoms with E-state index in [1.54, 1.807) is 18.2 Å². The monoisotopic (exact) mass is 447 g/mol. The number of nitrogens with one attached hydrogen (secondary N) is 1. The zero-order chi connectivity index (χ0) is 22.5. The third-order valence-electron chi connectivity index (χ3n) is 6.12. The lowest BCUT2D eigenvalue weighted by molar-refractivity contribution is 0.151. The largest absolute Gasteiger partial charge is 0.486 e. The molecule has 0 spiro atoms. The fraction of sp³-hybridized carbons (Fsp3) is 0.346. The molecule has 0 aromatic heterocycles. The first kappa shape index (κ1) is 21.4. The molecule has 0 aliphatic carbocycles. The minimum atomic E-state index is -0.451. The van der Waals surface area contributed by atoms with Gasteiger partial charge in [0.2, 0.25) is 0 Å². The van der Waals surface area contributed by atoms with Crippen molar-refractivity contribution in [3.63, 3.8) is 0 Å². The maximum atomic E-state index is 12.1. The summed E-state index contributed by atoms with van der Waals surface area (Å²) < 4.78 is 16.4. The molecular formula is C26H29N3O4. The summed E-state index contributed by atoms with van der Waals surface area (Å²) in [6.45, 7) is 6.37. The van der Waals surface area contributed by atoms with E-state index in [-0.39, 0.29) is 0 Å². The molecule has 1 N–H and O–H groups in total. The predicted molar refractivity (Wildman–Crippen MR) is 130 cm³/mol. The van der Waals surface area contributed by atoms with E-state index >= 15 is 0 Å². The number of hydrogen-bond acceptors (Lipinski definition) is 6. The number of piperazine rings is 1. The summed E-state index contributed by atoms with van der Waals surface area (Å²) in [5.74, 6) is 1.34. The fourth-order valence-corrected chi connectivity index (χ4v) is 4.42. The van der Waals surface area contributed by atoms with Gasteiger partial charge < -0.3 is 19.1 Å². The molecule has 2 aliphatic heterocycles. The summed E-state index contributed by atoms with van der Waals surface area (Å²) in [6, 6.07) is 20.4. The van der Waals surface area contributed by atoms with Crippen molar-refractivity contribution in [1.29, 1.82) is 0 Å². The van der Waals surface area contributed by atoms with E-state index in [1.807, 2.05) is 0 Å². The van der Waals surface area contributed by atoms with Crippen molar-refractivity contribution in [3.8, 4) is 11.5 Å². The minimum Gasteiger partial charge on any atom is -0.486 e. The van der Waals surface area contributed by atoms with Crippen LogP contribution in [0.4, 0.5) is 16.2 Å². The number of hydrogen-bond donors (Lipinski definition) is 1. The molecule has 0 unspecified atom stereocenters. The lowest BCUT2D eigenvalue weighted by Gasteiger charge is -2.36. The van der Waals surface area contributed by atoms with Gasteiger partial charge in [-0.05, 0) is 30.0 Å². The van der Waals surface area contributed by atoms with Crippen LogP contribution in [0.1, 0.15) is 6.42 Å². The van der Waals surface area contributed by atoms with Gasteiger partial charge in [0.1, 0.15) is 13.2 Å². The molecule has 33 heavy (non-hydrogen) atoms. The van der Waals surface area contributed by atoms with E-state index < -0.39 is 6.09 Å². The Morgan fingerprint density at radius 1 is 0.909 bits per heavy atom. The van der Waals surface area contributed by atoms with Crippen molar-refractivity contribution >= 4 is 28.2 Å². The maximum Gasteiger partial charge on any atom is 0.411 e. The van der Waals surface area contributed by atoms with Gasteiger partial charge in [-0.15, -0.1) is 0 Å². The topological polar surface area (TPSA) is 63.3 Å². The van der Waals surface area contributed by atoms with Crippen molar-refractivity contribution in [2.24, 2.45) is 0 Å². The molecule has 1 amide bonds. The molecule has 1 fully saturated rings. The number of rotatable bonds is 6. The smallest absolute Gasteiger partial charge is 0.411 e. The summed E-state index contributed by atoms with van der Waals surface area (Å²) in [7, 11) is 0. The van der Waals surface area contributed by atoms with Crippen molar-refractivity contribution in [1.82, 2.24) is 4.90 Å². The number of carbonyl (C=O) groups excluding carboxylic acids is 1. The van der Waals surface area contributed by atoms with E-state index in [4.69, 9.17) is 14.2 Å². The molecule has 3 aromatic rings. The van der Waals surface area contributed by atoms with Crippen molar-refractivity contribution in [3.05, 3.63) is 60.7 Å². The second kappa shape index (κ2) is 10.0. The van der Waals surface area contributed by atoms with E-state index in [0.717, 1.165) is 39.1 Å². The van der Waals surface area contributed by atoms with Gasteiger partial charge in [0, 0.05) is 55.6 Å². The normalized spacial score (nSPS) is 15.9. The summed E-state index contributed by atoms with van der Waals surface area (Å²) in [5, 5.41) is 5.34. The van der Waals surface area contributed by atoms with Crippen LogP contribution >= 0.6 is 0 Å². The number of amides is 1.